The minimum Gasteiger partial charge on any atom is -0.212 e. The van der Waals surface area contributed by atoms with E-state index in [1.807, 2.05) is 19.1 Å². The highest BCUT2D eigenvalue weighted by Gasteiger charge is 2.03. The van der Waals surface area contributed by atoms with E-state index in [2.05, 4.69) is 20.4 Å². The molecule has 0 aromatic carbocycles. The third-order valence-corrected chi connectivity index (χ3v) is 2.34. The smallest absolute Gasteiger partial charge is 0.100 e. The molecule has 0 N–H and O–H groups in total. The van der Waals surface area contributed by atoms with E-state index in [1.54, 1.807) is 0 Å². The molecule has 0 spiro atoms. The van der Waals surface area contributed by atoms with Gasteiger partial charge in [0.1, 0.15) is 5.83 Å². The first-order valence-electron chi connectivity index (χ1n) is 5.14. The number of hydrogen-bond acceptors (Lipinski definition) is 0. The molecule has 0 amide bonds. The molecule has 0 aliphatic carbocycles. The summed E-state index contributed by atoms with van der Waals surface area (Å²) in [5.74, 6) is 0.404. The van der Waals surface area contributed by atoms with Gasteiger partial charge < -0.3 is 0 Å². The lowest BCUT2D eigenvalue weighted by molar-refractivity contribution is 0.619. The van der Waals surface area contributed by atoms with Crippen molar-refractivity contribution in [2.45, 2.75) is 40.5 Å². The van der Waals surface area contributed by atoms with Gasteiger partial charge in [0.2, 0.25) is 0 Å². The number of hydrogen-bond donors (Lipinski definition) is 0. The van der Waals surface area contributed by atoms with Crippen molar-refractivity contribution < 1.29 is 4.39 Å². The zero-order chi connectivity index (χ0) is 11.1. The van der Waals surface area contributed by atoms with Crippen molar-refractivity contribution >= 4 is 0 Å². The van der Waals surface area contributed by atoms with Crippen LogP contribution in [0.2, 0.25) is 0 Å². The second-order valence-corrected chi connectivity index (χ2v) is 3.87. The summed E-state index contributed by atoms with van der Waals surface area (Å²) in [6, 6.07) is 0. The minimum atomic E-state index is -0.0837. The summed E-state index contributed by atoms with van der Waals surface area (Å²) in [5.41, 5.74) is 1.97. The predicted octanol–water partition coefficient (Wildman–Crippen LogP) is 4.80. The summed E-state index contributed by atoms with van der Waals surface area (Å²) in [6.45, 7) is 11.6. The topological polar surface area (TPSA) is 0 Å². The molecule has 0 nitrogen and oxygen atoms in total. The summed E-state index contributed by atoms with van der Waals surface area (Å²) in [5, 5.41) is 0. The third kappa shape index (κ3) is 5.00. The molecule has 0 saturated heterocycles. The van der Waals surface area contributed by atoms with Crippen LogP contribution in [0.5, 0.6) is 0 Å². The van der Waals surface area contributed by atoms with Gasteiger partial charge in [-0.05, 0) is 38.2 Å². The zero-order valence-electron chi connectivity index (χ0n) is 9.73. The van der Waals surface area contributed by atoms with Gasteiger partial charge in [-0.25, -0.2) is 4.39 Å². The van der Waals surface area contributed by atoms with E-state index >= 15 is 0 Å². The van der Waals surface area contributed by atoms with Crippen LogP contribution in [-0.4, -0.2) is 0 Å². The van der Waals surface area contributed by atoms with Crippen LogP contribution in [0, 0.1) is 5.92 Å². The molecule has 1 heteroatoms. The maximum absolute atomic E-state index is 13.0. The van der Waals surface area contributed by atoms with E-state index in [0.29, 0.717) is 5.92 Å². The van der Waals surface area contributed by atoms with Crippen molar-refractivity contribution in [3.05, 3.63) is 35.7 Å². The van der Waals surface area contributed by atoms with E-state index < -0.39 is 0 Å². The lowest BCUT2D eigenvalue weighted by Gasteiger charge is -2.09. The number of rotatable bonds is 5. The van der Waals surface area contributed by atoms with Gasteiger partial charge in [-0.3, -0.25) is 0 Å². The minimum absolute atomic E-state index is 0.0837. The molecule has 0 unspecified atom stereocenters. The van der Waals surface area contributed by atoms with Crippen molar-refractivity contribution in [3.8, 4) is 0 Å². The Labute approximate surface area is 87.2 Å². The van der Waals surface area contributed by atoms with E-state index in [0.717, 1.165) is 18.4 Å². The first-order chi connectivity index (χ1) is 6.49. The van der Waals surface area contributed by atoms with Gasteiger partial charge in [0, 0.05) is 0 Å². The Kier molecular flexibility index (Phi) is 6.18. The molecule has 0 heterocycles. The van der Waals surface area contributed by atoms with Crippen LogP contribution in [0.25, 0.3) is 0 Å². The Hall–Kier alpha value is -0.850. The van der Waals surface area contributed by atoms with Crippen LogP contribution in [0.15, 0.2) is 35.7 Å². The largest absolute Gasteiger partial charge is 0.212 e. The molecule has 0 atom stereocenters. The van der Waals surface area contributed by atoms with Gasteiger partial charge in [0.15, 0.2) is 0 Å². The van der Waals surface area contributed by atoms with Gasteiger partial charge in [-0.2, -0.15) is 0 Å². The molecule has 0 aromatic heterocycles. The summed E-state index contributed by atoms with van der Waals surface area (Å²) in [6.07, 6.45) is 5.34. The van der Waals surface area contributed by atoms with Crippen LogP contribution >= 0.6 is 0 Å². The molecule has 80 valence electrons. The molecule has 0 fully saturated rings. The Morgan fingerprint density at radius 2 is 1.93 bits per heavy atom. The van der Waals surface area contributed by atoms with Crippen molar-refractivity contribution in [2.24, 2.45) is 5.92 Å². The van der Waals surface area contributed by atoms with Crippen molar-refractivity contribution in [2.75, 3.05) is 0 Å². The van der Waals surface area contributed by atoms with Gasteiger partial charge in [-0.1, -0.05) is 38.2 Å². The molecule has 0 radical (unpaired) electrons. The average molecular weight is 196 g/mol. The van der Waals surface area contributed by atoms with Crippen LogP contribution < -0.4 is 0 Å². The lowest BCUT2D eigenvalue weighted by Crippen LogP contribution is -1.93. The highest BCUT2D eigenvalue weighted by molar-refractivity contribution is 5.22. The van der Waals surface area contributed by atoms with Gasteiger partial charge in [0.05, 0.1) is 0 Å². The third-order valence-electron chi connectivity index (χ3n) is 2.34. The normalized spacial score (nSPS) is 13.6. The first kappa shape index (κ1) is 13.2. The van der Waals surface area contributed by atoms with Crippen LogP contribution in [-0.2, 0) is 0 Å². The Morgan fingerprint density at radius 3 is 2.29 bits per heavy atom. The lowest BCUT2D eigenvalue weighted by atomic mass is 9.97. The Morgan fingerprint density at radius 1 is 1.36 bits per heavy atom. The molecule has 0 bridgehead atoms. The van der Waals surface area contributed by atoms with Gasteiger partial charge in [-0.15, -0.1) is 0 Å². The molecule has 0 aliphatic rings. The molecule has 0 saturated carbocycles. The van der Waals surface area contributed by atoms with Crippen LogP contribution in [0.3, 0.4) is 0 Å². The first-order valence-corrected chi connectivity index (χ1v) is 5.14. The van der Waals surface area contributed by atoms with Crippen molar-refractivity contribution in [3.63, 3.8) is 0 Å². The maximum atomic E-state index is 13.0. The highest BCUT2D eigenvalue weighted by Crippen LogP contribution is 2.20. The molecule has 0 rings (SSSR count). The standard InChI is InChI=1S/C13H21F/c1-6-7-13(12(5)14)9-8-11(4)10(2)3/h6-7,10H,4,8-9H2,1-3,5H3/b7-6-,13-12-. The SMILES string of the molecule is C=C(CCC(/C=C\C)=C(/C)F)C(C)C. The van der Waals surface area contributed by atoms with Gasteiger partial charge in [0.25, 0.3) is 0 Å². The Balaban J connectivity index is 4.23. The van der Waals surface area contributed by atoms with Crippen molar-refractivity contribution in [1.82, 2.24) is 0 Å². The molecule has 0 aliphatic heterocycles. The summed E-state index contributed by atoms with van der Waals surface area (Å²) < 4.78 is 13.0. The number of allylic oxidation sites excluding steroid dienone is 5. The summed E-state index contributed by atoms with van der Waals surface area (Å²) in [7, 11) is 0. The second-order valence-electron chi connectivity index (χ2n) is 3.87. The van der Waals surface area contributed by atoms with Crippen LogP contribution in [0.1, 0.15) is 40.5 Å². The molecular weight excluding hydrogens is 175 g/mol. The van der Waals surface area contributed by atoms with Gasteiger partial charge >= 0.3 is 0 Å². The zero-order valence-corrected chi connectivity index (χ0v) is 9.73. The number of halogens is 1. The quantitative estimate of drug-likeness (QED) is 0.437. The van der Waals surface area contributed by atoms with E-state index in [-0.39, 0.29) is 5.83 Å². The molecule has 14 heavy (non-hydrogen) atoms. The van der Waals surface area contributed by atoms with E-state index in [4.69, 9.17) is 0 Å². The fraction of sp³-hybridized carbons (Fsp3) is 0.538. The highest BCUT2D eigenvalue weighted by atomic mass is 19.1. The second kappa shape index (κ2) is 6.58. The van der Waals surface area contributed by atoms with E-state index in [9.17, 15) is 4.39 Å². The van der Waals surface area contributed by atoms with Crippen LogP contribution in [0.4, 0.5) is 4.39 Å². The fourth-order valence-electron chi connectivity index (χ4n) is 1.16. The van der Waals surface area contributed by atoms with E-state index in [1.165, 1.54) is 12.5 Å². The maximum Gasteiger partial charge on any atom is 0.100 e. The summed E-state index contributed by atoms with van der Waals surface area (Å²) >= 11 is 0. The molecule has 0 aromatic rings. The molecular formula is C13H21F. The average Bonchev–Trinajstić information content (AvgIpc) is 2.10. The fourth-order valence-corrected chi connectivity index (χ4v) is 1.16. The monoisotopic (exact) mass is 196 g/mol. The Bertz CT molecular complexity index is 240. The predicted molar refractivity (Wildman–Crippen MR) is 61.8 cm³/mol. The van der Waals surface area contributed by atoms with Crippen molar-refractivity contribution in [1.29, 1.82) is 0 Å². The summed E-state index contributed by atoms with van der Waals surface area (Å²) in [4.78, 5) is 0.